The number of rotatable bonds is 4. The van der Waals surface area contributed by atoms with E-state index in [0.717, 1.165) is 11.1 Å². The molecule has 1 fully saturated rings. The van der Waals surface area contributed by atoms with Gasteiger partial charge in [0.1, 0.15) is 0 Å². The van der Waals surface area contributed by atoms with Crippen molar-refractivity contribution in [2.45, 2.75) is 24.8 Å². The highest BCUT2D eigenvalue weighted by atomic mass is 35.5. The van der Waals surface area contributed by atoms with Crippen LogP contribution in [-0.4, -0.2) is 17.0 Å². The van der Waals surface area contributed by atoms with Gasteiger partial charge in [-0.1, -0.05) is 47.5 Å². The van der Waals surface area contributed by atoms with Crippen molar-refractivity contribution in [2.24, 2.45) is 5.92 Å². The van der Waals surface area contributed by atoms with Gasteiger partial charge < -0.3 is 10.4 Å². The first-order valence-electron chi connectivity index (χ1n) is 7.97. The Morgan fingerprint density at radius 3 is 2.44 bits per heavy atom. The summed E-state index contributed by atoms with van der Waals surface area (Å²) in [5.74, 6) is -1.84. The van der Waals surface area contributed by atoms with E-state index >= 15 is 0 Å². The summed E-state index contributed by atoms with van der Waals surface area (Å²) in [4.78, 5) is 23.5. The average Bonchev–Trinajstić information content (AvgIpc) is 2.57. The number of carboxylic acids is 1. The van der Waals surface area contributed by atoms with E-state index in [0.29, 0.717) is 16.5 Å². The van der Waals surface area contributed by atoms with Crippen LogP contribution in [0.25, 0.3) is 0 Å². The predicted molar refractivity (Wildman–Crippen MR) is 96.9 cm³/mol. The van der Waals surface area contributed by atoms with Gasteiger partial charge in [-0.2, -0.15) is 0 Å². The van der Waals surface area contributed by atoms with E-state index in [1.807, 2.05) is 30.3 Å². The summed E-state index contributed by atoms with van der Waals surface area (Å²) < 4.78 is 0. The molecule has 0 saturated carbocycles. The van der Waals surface area contributed by atoms with Gasteiger partial charge in [0.05, 0.1) is 12.5 Å². The number of halogens is 2. The number of piperidine rings is 1. The minimum absolute atomic E-state index is 0.0677. The van der Waals surface area contributed by atoms with Gasteiger partial charge in [0, 0.05) is 21.9 Å². The quantitative estimate of drug-likeness (QED) is 0.827. The lowest BCUT2D eigenvalue weighted by Crippen LogP contribution is -2.43. The van der Waals surface area contributed by atoms with Crippen molar-refractivity contribution in [1.82, 2.24) is 5.32 Å². The molecule has 6 heteroatoms. The van der Waals surface area contributed by atoms with E-state index in [2.05, 4.69) is 5.32 Å². The maximum atomic E-state index is 12.4. The number of carbonyl (C=O) groups is 2. The summed E-state index contributed by atoms with van der Waals surface area (Å²) in [6.45, 7) is 0. The van der Waals surface area contributed by atoms with Gasteiger partial charge in [0.2, 0.25) is 5.91 Å². The highest BCUT2D eigenvalue weighted by Gasteiger charge is 2.38. The van der Waals surface area contributed by atoms with Crippen molar-refractivity contribution in [2.75, 3.05) is 0 Å². The van der Waals surface area contributed by atoms with Crippen molar-refractivity contribution >= 4 is 35.1 Å². The van der Waals surface area contributed by atoms with Crippen molar-refractivity contribution < 1.29 is 14.7 Å². The van der Waals surface area contributed by atoms with Crippen molar-refractivity contribution in [1.29, 1.82) is 0 Å². The molecule has 3 unspecified atom stereocenters. The van der Waals surface area contributed by atoms with Crippen LogP contribution in [0, 0.1) is 5.92 Å². The standard InChI is InChI=1S/C19H17Cl2NO3/c20-14-6-4-11(5-7-14)18-16(12-2-1-3-15(21)8-12)9-13(10-17(23)24)19(25)22-18/h1-8,13,16,18H,9-10H2,(H,22,25)(H,23,24). The fraction of sp³-hybridized carbons (Fsp3) is 0.263. The maximum Gasteiger partial charge on any atom is 0.304 e. The Bertz CT molecular complexity index is 792. The Hall–Kier alpha value is -2.04. The molecule has 0 spiro atoms. The molecule has 130 valence electrons. The molecule has 1 amide bonds. The Morgan fingerprint density at radius 2 is 1.80 bits per heavy atom. The third-order valence-electron chi connectivity index (χ3n) is 4.54. The molecule has 4 nitrogen and oxygen atoms in total. The molecule has 0 bridgehead atoms. The van der Waals surface area contributed by atoms with Gasteiger partial charge >= 0.3 is 5.97 Å². The molecule has 2 aromatic carbocycles. The number of carboxylic acid groups (broad SMARTS) is 1. The van der Waals surface area contributed by atoms with E-state index in [4.69, 9.17) is 28.3 Å². The molecular formula is C19H17Cl2NO3. The van der Waals surface area contributed by atoms with Gasteiger partial charge in [-0.3, -0.25) is 9.59 Å². The van der Waals surface area contributed by atoms with E-state index in [1.165, 1.54) is 0 Å². The van der Waals surface area contributed by atoms with E-state index in [1.54, 1.807) is 18.2 Å². The Balaban J connectivity index is 1.97. The molecule has 0 radical (unpaired) electrons. The van der Waals surface area contributed by atoms with Gasteiger partial charge in [-0.15, -0.1) is 0 Å². The topological polar surface area (TPSA) is 66.4 Å². The summed E-state index contributed by atoms with van der Waals surface area (Å²) in [5, 5.41) is 13.3. The first kappa shape index (κ1) is 17.8. The highest BCUT2D eigenvalue weighted by Crippen LogP contribution is 2.41. The largest absolute Gasteiger partial charge is 0.481 e. The zero-order chi connectivity index (χ0) is 18.0. The molecule has 3 atom stereocenters. The molecule has 25 heavy (non-hydrogen) atoms. The van der Waals surface area contributed by atoms with E-state index in [9.17, 15) is 9.59 Å². The lowest BCUT2D eigenvalue weighted by Gasteiger charge is -2.37. The second kappa shape index (κ2) is 7.46. The average molecular weight is 378 g/mol. The molecule has 0 aliphatic carbocycles. The summed E-state index contributed by atoms with van der Waals surface area (Å²) in [7, 11) is 0. The Labute approximate surface area is 155 Å². The van der Waals surface area contributed by atoms with Crippen LogP contribution in [0.3, 0.4) is 0 Å². The predicted octanol–water partition coefficient (Wildman–Crippen LogP) is 4.43. The number of nitrogens with one attached hydrogen (secondary N) is 1. The van der Waals surface area contributed by atoms with Crippen LogP contribution in [0.2, 0.25) is 10.0 Å². The van der Waals surface area contributed by atoms with Crippen molar-refractivity contribution in [3.8, 4) is 0 Å². The fourth-order valence-electron chi connectivity index (χ4n) is 3.36. The van der Waals surface area contributed by atoms with Gasteiger partial charge in [-0.25, -0.2) is 0 Å². The minimum atomic E-state index is -0.977. The van der Waals surface area contributed by atoms with Gasteiger partial charge in [0.15, 0.2) is 0 Å². The van der Waals surface area contributed by atoms with Gasteiger partial charge in [0.25, 0.3) is 0 Å². The van der Waals surface area contributed by atoms with Crippen molar-refractivity contribution in [3.63, 3.8) is 0 Å². The monoisotopic (exact) mass is 377 g/mol. The molecule has 3 rings (SSSR count). The molecule has 1 aliphatic rings. The second-order valence-electron chi connectivity index (χ2n) is 6.23. The number of amides is 1. The number of hydrogen-bond acceptors (Lipinski definition) is 2. The lowest BCUT2D eigenvalue weighted by atomic mass is 9.76. The van der Waals surface area contributed by atoms with E-state index < -0.39 is 11.9 Å². The maximum absolute atomic E-state index is 12.4. The van der Waals surface area contributed by atoms with Crippen molar-refractivity contribution in [3.05, 3.63) is 69.7 Å². The smallest absolute Gasteiger partial charge is 0.304 e. The zero-order valence-electron chi connectivity index (χ0n) is 13.3. The summed E-state index contributed by atoms with van der Waals surface area (Å²) >= 11 is 12.1. The number of carbonyl (C=O) groups excluding carboxylic acids is 1. The molecule has 2 N–H and O–H groups in total. The third-order valence-corrected chi connectivity index (χ3v) is 5.02. The number of aliphatic carboxylic acids is 1. The summed E-state index contributed by atoms with van der Waals surface area (Å²) in [5.41, 5.74) is 1.90. The fourth-order valence-corrected chi connectivity index (χ4v) is 3.68. The summed E-state index contributed by atoms with van der Waals surface area (Å²) in [6.07, 6.45) is 0.266. The van der Waals surface area contributed by atoms with Crippen LogP contribution in [-0.2, 0) is 9.59 Å². The van der Waals surface area contributed by atoms with E-state index in [-0.39, 0.29) is 24.3 Å². The SMILES string of the molecule is O=C(O)CC1CC(c2cccc(Cl)c2)C(c2ccc(Cl)cc2)NC1=O. The molecule has 1 aliphatic heterocycles. The number of benzene rings is 2. The lowest BCUT2D eigenvalue weighted by molar-refractivity contribution is -0.142. The second-order valence-corrected chi connectivity index (χ2v) is 7.10. The Morgan fingerprint density at radius 1 is 1.08 bits per heavy atom. The Kier molecular flexibility index (Phi) is 5.30. The highest BCUT2D eigenvalue weighted by molar-refractivity contribution is 6.30. The molecule has 0 aromatic heterocycles. The number of hydrogen-bond donors (Lipinski definition) is 2. The molecule has 2 aromatic rings. The summed E-state index contributed by atoms with van der Waals surface area (Å²) in [6, 6.07) is 14.5. The van der Waals surface area contributed by atoms with Crippen LogP contribution in [0.15, 0.2) is 48.5 Å². The minimum Gasteiger partial charge on any atom is -0.481 e. The normalized spacial score (nSPS) is 23.1. The molecular weight excluding hydrogens is 361 g/mol. The first-order chi connectivity index (χ1) is 11.9. The third kappa shape index (κ3) is 4.14. The van der Waals surface area contributed by atoms with Crippen LogP contribution in [0.5, 0.6) is 0 Å². The first-order valence-corrected chi connectivity index (χ1v) is 8.72. The van der Waals surface area contributed by atoms with Crippen LogP contribution >= 0.6 is 23.2 Å². The zero-order valence-corrected chi connectivity index (χ0v) is 14.8. The molecule has 1 heterocycles. The van der Waals surface area contributed by atoms with Crippen LogP contribution < -0.4 is 5.32 Å². The molecule has 1 saturated heterocycles. The van der Waals surface area contributed by atoms with Crippen LogP contribution in [0.1, 0.15) is 35.9 Å². The van der Waals surface area contributed by atoms with Gasteiger partial charge in [-0.05, 0) is 41.8 Å². The van der Waals surface area contributed by atoms with Crippen LogP contribution in [0.4, 0.5) is 0 Å².